The molecule has 0 bridgehead atoms. The molecule has 1 aromatic rings. The molecule has 1 aromatic carbocycles. The van der Waals surface area contributed by atoms with Crippen molar-refractivity contribution in [3.8, 4) is 0 Å². The van der Waals surface area contributed by atoms with Crippen molar-refractivity contribution in [3.05, 3.63) is 34.9 Å². The Bertz CT molecular complexity index is 817. The van der Waals surface area contributed by atoms with Crippen LogP contribution in [0.1, 0.15) is 39.1 Å². The average molecular weight is 403 g/mol. The predicted octanol–water partition coefficient (Wildman–Crippen LogP) is 2.28. The predicted molar refractivity (Wildman–Crippen MR) is 106 cm³/mol. The van der Waals surface area contributed by atoms with Crippen LogP contribution in [0.2, 0.25) is 25.7 Å². The third kappa shape index (κ3) is 4.23. The monoisotopic (exact) mass is 402 g/mol. The number of rotatable bonds is 7. The van der Waals surface area contributed by atoms with E-state index >= 15 is 0 Å². The van der Waals surface area contributed by atoms with Crippen LogP contribution in [0.25, 0.3) is 0 Å². The first kappa shape index (κ1) is 20.4. The Balaban J connectivity index is 1.68. The Morgan fingerprint density at radius 3 is 2.64 bits per heavy atom. The number of piperidine rings is 1. The zero-order chi connectivity index (χ0) is 20.5. The second kappa shape index (κ2) is 7.96. The minimum atomic E-state index is -1.26. The molecule has 150 valence electrons. The summed E-state index contributed by atoms with van der Waals surface area (Å²) in [5, 5.41) is 0. The number of likely N-dealkylation sites (tertiary alicyclic amines) is 1. The summed E-state index contributed by atoms with van der Waals surface area (Å²) < 4.78 is 5.60. The Labute approximate surface area is 165 Å². The lowest BCUT2D eigenvalue weighted by molar-refractivity contribution is -0.158. The second-order valence-electron chi connectivity index (χ2n) is 8.53. The fourth-order valence-corrected chi connectivity index (χ4v) is 4.23. The van der Waals surface area contributed by atoms with Gasteiger partial charge in [0.25, 0.3) is 11.8 Å². The van der Waals surface area contributed by atoms with Gasteiger partial charge in [-0.1, -0.05) is 25.7 Å². The molecule has 8 heteroatoms. The minimum Gasteiger partial charge on any atom is -0.361 e. The number of amides is 3. The molecule has 1 unspecified atom stereocenters. The van der Waals surface area contributed by atoms with Crippen LogP contribution >= 0.6 is 0 Å². The summed E-state index contributed by atoms with van der Waals surface area (Å²) in [7, 11) is -1.26. The van der Waals surface area contributed by atoms with E-state index in [0.29, 0.717) is 24.2 Å². The van der Waals surface area contributed by atoms with Crippen LogP contribution in [-0.4, -0.2) is 61.3 Å². The maximum Gasteiger partial charge on any atom is 0.255 e. The standard InChI is InChI=1S/C20H26N2O5Si/c1-28(2,3)9-8-27-13-22-18(24)7-6-17(20(22)26)21-11-15-10-14(12-23)4-5-16(15)19(21)25/h4-5,10,12,17H,6-9,11,13H2,1-3H3. The van der Waals surface area contributed by atoms with E-state index in [1.54, 1.807) is 18.2 Å². The molecule has 0 saturated carbocycles. The molecule has 0 N–H and O–H groups in total. The number of benzene rings is 1. The van der Waals surface area contributed by atoms with Crippen molar-refractivity contribution in [2.24, 2.45) is 0 Å². The summed E-state index contributed by atoms with van der Waals surface area (Å²) in [6.07, 6.45) is 1.24. The van der Waals surface area contributed by atoms with E-state index in [4.69, 9.17) is 4.74 Å². The van der Waals surface area contributed by atoms with Gasteiger partial charge in [-0.3, -0.25) is 24.1 Å². The summed E-state index contributed by atoms with van der Waals surface area (Å²) in [5.74, 6) is -0.887. The Hall–Kier alpha value is -2.32. The highest BCUT2D eigenvalue weighted by atomic mass is 28.3. The Kier molecular flexibility index (Phi) is 5.81. The third-order valence-corrected chi connectivity index (χ3v) is 6.88. The molecule has 2 heterocycles. The lowest BCUT2D eigenvalue weighted by Crippen LogP contribution is -2.55. The van der Waals surface area contributed by atoms with Gasteiger partial charge in [-0.05, 0) is 30.2 Å². The molecule has 1 saturated heterocycles. The molecule has 28 heavy (non-hydrogen) atoms. The molecule has 0 aliphatic carbocycles. The summed E-state index contributed by atoms with van der Waals surface area (Å²) in [6, 6.07) is 5.16. The molecule has 7 nitrogen and oxygen atoms in total. The Morgan fingerprint density at radius 2 is 1.96 bits per heavy atom. The Morgan fingerprint density at radius 1 is 1.21 bits per heavy atom. The van der Waals surface area contributed by atoms with Crippen LogP contribution in [0, 0.1) is 0 Å². The number of hydrogen-bond donors (Lipinski definition) is 0. The number of fused-ring (bicyclic) bond motifs is 1. The van der Waals surface area contributed by atoms with E-state index < -0.39 is 14.1 Å². The quantitative estimate of drug-likeness (QED) is 0.302. The first-order valence-corrected chi connectivity index (χ1v) is 13.2. The number of carbonyl (C=O) groups excluding carboxylic acids is 4. The van der Waals surface area contributed by atoms with Crippen molar-refractivity contribution in [3.63, 3.8) is 0 Å². The SMILES string of the molecule is C[Si](C)(C)CCOCN1C(=O)CCC(N2Cc3cc(C=O)ccc3C2=O)C1=O. The minimum absolute atomic E-state index is 0.0666. The largest absolute Gasteiger partial charge is 0.361 e. The fraction of sp³-hybridized carbons (Fsp3) is 0.500. The van der Waals surface area contributed by atoms with Gasteiger partial charge in [0.05, 0.1) is 0 Å². The van der Waals surface area contributed by atoms with Crippen molar-refractivity contribution >= 4 is 32.1 Å². The average Bonchev–Trinajstić information content (AvgIpc) is 2.96. The van der Waals surface area contributed by atoms with Crippen LogP contribution in [0.15, 0.2) is 18.2 Å². The van der Waals surface area contributed by atoms with Gasteiger partial charge in [0, 0.05) is 38.8 Å². The molecule has 0 radical (unpaired) electrons. The van der Waals surface area contributed by atoms with Crippen LogP contribution in [0.5, 0.6) is 0 Å². The van der Waals surface area contributed by atoms with Gasteiger partial charge in [0.1, 0.15) is 19.1 Å². The molecule has 2 aliphatic rings. The van der Waals surface area contributed by atoms with Crippen molar-refractivity contribution in [1.29, 1.82) is 0 Å². The highest BCUT2D eigenvalue weighted by Crippen LogP contribution is 2.29. The first-order chi connectivity index (χ1) is 13.2. The van der Waals surface area contributed by atoms with Crippen molar-refractivity contribution in [2.75, 3.05) is 13.3 Å². The van der Waals surface area contributed by atoms with Crippen LogP contribution in [0.4, 0.5) is 0 Å². The number of carbonyl (C=O) groups is 4. The smallest absolute Gasteiger partial charge is 0.255 e. The zero-order valence-corrected chi connectivity index (χ0v) is 17.6. The van der Waals surface area contributed by atoms with Crippen molar-refractivity contribution in [1.82, 2.24) is 9.80 Å². The fourth-order valence-electron chi connectivity index (χ4n) is 3.47. The van der Waals surface area contributed by atoms with E-state index in [0.717, 1.165) is 22.8 Å². The lowest BCUT2D eigenvalue weighted by atomic mass is 10.0. The van der Waals surface area contributed by atoms with E-state index in [1.165, 1.54) is 4.90 Å². The maximum atomic E-state index is 12.9. The van der Waals surface area contributed by atoms with Gasteiger partial charge in [0.15, 0.2) is 0 Å². The third-order valence-electron chi connectivity index (χ3n) is 5.17. The van der Waals surface area contributed by atoms with Crippen LogP contribution in [-0.2, 0) is 20.9 Å². The molecule has 0 spiro atoms. The second-order valence-corrected chi connectivity index (χ2v) is 14.2. The zero-order valence-electron chi connectivity index (χ0n) is 16.6. The number of ether oxygens (including phenoxy) is 1. The molecule has 1 fully saturated rings. The van der Waals surface area contributed by atoms with Crippen LogP contribution in [0.3, 0.4) is 0 Å². The van der Waals surface area contributed by atoms with Gasteiger partial charge in [-0.2, -0.15) is 0 Å². The molecular weight excluding hydrogens is 376 g/mol. The molecule has 0 aromatic heterocycles. The number of nitrogens with zero attached hydrogens (tertiary/aromatic N) is 2. The highest BCUT2D eigenvalue weighted by Gasteiger charge is 2.42. The molecule has 1 atom stereocenters. The number of hydrogen-bond acceptors (Lipinski definition) is 5. The summed E-state index contributed by atoms with van der Waals surface area (Å²) in [4.78, 5) is 51.5. The molecule has 3 rings (SSSR count). The van der Waals surface area contributed by atoms with Crippen molar-refractivity contribution < 1.29 is 23.9 Å². The van der Waals surface area contributed by atoms with E-state index in [2.05, 4.69) is 19.6 Å². The summed E-state index contributed by atoms with van der Waals surface area (Å²) in [6.45, 7) is 7.41. The number of aldehydes is 1. The van der Waals surface area contributed by atoms with Gasteiger partial charge >= 0.3 is 0 Å². The summed E-state index contributed by atoms with van der Waals surface area (Å²) in [5.41, 5.74) is 1.74. The van der Waals surface area contributed by atoms with Gasteiger partial charge in [-0.15, -0.1) is 0 Å². The molecule has 2 aliphatic heterocycles. The molecule has 3 amide bonds. The lowest BCUT2D eigenvalue weighted by Gasteiger charge is -2.35. The first-order valence-electron chi connectivity index (χ1n) is 9.52. The van der Waals surface area contributed by atoms with Gasteiger partial charge in [-0.25, -0.2) is 0 Å². The van der Waals surface area contributed by atoms with E-state index in [1.807, 2.05) is 0 Å². The van der Waals surface area contributed by atoms with Gasteiger partial charge in [0.2, 0.25) is 5.91 Å². The van der Waals surface area contributed by atoms with Crippen LogP contribution < -0.4 is 0 Å². The topological polar surface area (TPSA) is 84.0 Å². The van der Waals surface area contributed by atoms with Gasteiger partial charge < -0.3 is 9.64 Å². The van der Waals surface area contributed by atoms with E-state index in [9.17, 15) is 19.2 Å². The highest BCUT2D eigenvalue weighted by molar-refractivity contribution is 6.76. The number of imide groups is 1. The van der Waals surface area contributed by atoms with Crippen molar-refractivity contribution in [2.45, 2.75) is 51.1 Å². The maximum absolute atomic E-state index is 12.9. The molecular formula is C20H26N2O5Si. The van der Waals surface area contributed by atoms with E-state index in [-0.39, 0.29) is 37.4 Å². The normalized spacial score (nSPS) is 20.0. The summed E-state index contributed by atoms with van der Waals surface area (Å²) >= 11 is 0.